The maximum atomic E-state index is 13.3. The number of rotatable bonds is 3. The van der Waals surface area contributed by atoms with Gasteiger partial charge in [-0.05, 0) is 41.8 Å². The number of hydrogen-bond donors (Lipinski definition) is 1. The number of fused-ring (bicyclic) bond motifs is 1. The highest BCUT2D eigenvalue weighted by Gasteiger charge is 2.17. The van der Waals surface area contributed by atoms with Crippen molar-refractivity contribution < 1.29 is 9.18 Å². The van der Waals surface area contributed by atoms with Crippen molar-refractivity contribution in [1.29, 1.82) is 5.26 Å². The molecule has 0 atom stereocenters. The number of carbonyl (C=O) groups is 1. The molecule has 1 N–H and O–H groups in total. The van der Waals surface area contributed by atoms with Crippen LogP contribution in [0.15, 0.2) is 60.0 Å². The summed E-state index contributed by atoms with van der Waals surface area (Å²) in [7, 11) is 0. The Kier molecular flexibility index (Phi) is 3.95. The van der Waals surface area contributed by atoms with Gasteiger partial charge in [0.1, 0.15) is 16.7 Å². The van der Waals surface area contributed by atoms with Crippen LogP contribution in [-0.2, 0) is 0 Å². The molecule has 0 radical (unpaired) electrons. The molecule has 2 heterocycles. The number of carbonyl (C=O) groups excluding carboxylic acids is 1. The minimum Gasteiger partial charge on any atom is -0.305 e. The molecule has 2 aromatic heterocycles. The van der Waals surface area contributed by atoms with Crippen LogP contribution in [0.2, 0.25) is 0 Å². The van der Waals surface area contributed by atoms with Crippen LogP contribution in [0.3, 0.4) is 0 Å². The van der Waals surface area contributed by atoms with Crippen molar-refractivity contribution in [3.8, 4) is 11.8 Å². The van der Waals surface area contributed by atoms with Gasteiger partial charge in [-0.25, -0.2) is 9.07 Å². The predicted octanol–water partition coefficient (Wildman–Crippen LogP) is 4.35. The molecule has 0 unspecified atom stereocenters. The van der Waals surface area contributed by atoms with Gasteiger partial charge in [0.25, 0.3) is 5.91 Å². The van der Waals surface area contributed by atoms with E-state index < -0.39 is 11.7 Å². The second-order valence-electron chi connectivity index (χ2n) is 5.49. The van der Waals surface area contributed by atoms with E-state index in [0.717, 1.165) is 10.2 Å². The Morgan fingerprint density at radius 2 is 2.04 bits per heavy atom. The van der Waals surface area contributed by atoms with Gasteiger partial charge in [0, 0.05) is 5.56 Å². The van der Waals surface area contributed by atoms with E-state index >= 15 is 0 Å². The molecule has 7 heteroatoms. The van der Waals surface area contributed by atoms with Crippen LogP contribution in [0, 0.1) is 17.1 Å². The van der Waals surface area contributed by atoms with Gasteiger partial charge in [-0.1, -0.05) is 18.2 Å². The molecule has 0 saturated heterocycles. The topological polar surface area (TPSA) is 70.7 Å². The first-order valence-corrected chi connectivity index (χ1v) is 8.58. The Morgan fingerprint density at radius 3 is 2.85 bits per heavy atom. The first-order valence-electron chi connectivity index (χ1n) is 7.70. The molecule has 2 aromatic carbocycles. The fraction of sp³-hybridized carbons (Fsp3) is 0. The molecule has 5 nitrogen and oxygen atoms in total. The van der Waals surface area contributed by atoms with Gasteiger partial charge < -0.3 is 5.32 Å². The summed E-state index contributed by atoms with van der Waals surface area (Å²) in [5.41, 5.74) is 1.32. The van der Waals surface area contributed by atoms with Gasteiger partial charge in [-0.15, -0.1) is 16.4 Å². The molecular formula is C19H11FN4OS. The molecular weight excluding hydrogens is 351 g/mol. The number of halogens is 1. The summed E-state index contributed by atoms with van der Waals surface area (Å²) in [6.07, 6.45) is 0. The molecule has 4 rings (SSSR count). The minimum absolute atomic E-state index is 0.209. The number of benzene rings is 2. The highest BCUT2D eigenvalue weighted by Crippen LogP contribution is 2.31. The zero-order valence-corrected chi connectivity index (χ0v) is 14.1. The average molecular weight is 362 g/mol. The third-order valence-corrected chi connectivity index (χ3v) is 4.75. The third kappa shape index (κ3) is 2.72. The summed E-state index contributed by atoms with van der Waals surface area (Å²) in [6, 6.07) is 16.6. The summed E-state index contributed by atoms with van der Waals surface area (Å²) in [5, 5.41) is 19.2. The van der Waals surface area contributed by atoms with E-state index in [1.807, 2.05) is 17.5 Å². The van der Waals surface area contributed by atoms with Crippen molar-refractivity contribution in [1.82, 2.24) is 9.78 Å². The van der Waals surface area contributed by atoms with Crippen LogP contribution >= 0.6 is 11.3 Å². The molecule has 1 amide bonds. The van der Waals surface area contributed by atoms with Crippen molar-refractivity contribution in [2.24, 2.45) is 0 Å². The van der Waals surface area contributed by atoms with E-state index in [4.69, 9.17) is 0 Å². The lowest BCUT2D eigenvalue weighted by Gasteiger charge is -2.05. The highest BCUT2D eigenvalue weighted by atomic mass is 32.1. The maximum Gasteiger partial charge on any atom is 0.256 e. The van der Waals surface area contributed by atoms with E-state index in [0.29, 0.717) is 17.1 Å². The zero-order valence-electron chi connectivity index (χ0n) is 13.3. The van der Waals surface area contributed by atoms with Gasteiger partial charge in [-0.2, -0.15) is 5.26 Å². The van der Waals surface area contributed by atoms with Crippen LogP contribution in [0.25, 0.3) is 15.9 Å². The summed E-state index contributed by atoms with van der Waals surface area (Å²) < 4.78 is 15.0. The van der Waals surface area contributed by atoms with E-state index in [2.05, 4.69) is 16.5 Å². The molecule has 0 aliphatic rings. The van der Waals surface area contributed by atoms with Crippen LogP contribution in [-0.4, -0.2) is 15.7 Å². The van der Waals surface area contributed by atoms with E-state index in [1.165, 1.54) is 35.6 Å². The Morgan fingerprint density at radius 1 is 1.19 bits per heavy atom. The second kappa shape index (κ2) is 6.43. The number of nitrogens with one attached hydrogen (secondary N) is 1. The first-order chi connectivity index (χ1) is 12.7. The predicted molar refractivity (Wildman–Crippen MR) is 98.0 cm³/mol. The van der Waals surface area contributed by atoms with E-state index in [9.17, 15) is 14.4 Å². The van der Waals surface area contributed by atoms with Gasteiger partial charge in [0.15, 0.2) is 5.82 Å². The lowest BCUT2D eigenvalue weighted by molar-refractivity contribution is 0.102. The number of para-hydroxylation sites is 1. The molecule has 0 bridgehead atoms. The van der Waals surface area contributed by atoms with Crippen molar-refractivity contribution in [3.63, 3.8) is 0 Å². The molecule has 0 aliphatic carbocycles. The van der Waals surface area contributed by atoms with Gasteiger partial charge in [0.2, 0.25) is 0 Å². The minimum atomic E-state index is -0.480. The maximum absolute atomic E-state index is 13.3. The van der Waals surface area contributed by atoms with Crippen molar-refractivity contribution in [2.45, 2.75) is 0 Å². The van der Waals surface area contributed by atoms with E-state index in [1.54, 1.807) is 22.9 Å². The van der Waals surface area contributed by atoms with Crippen molar-refractivity contribution >= 4 is 33.3 Å². The molecule has 0 aliphatic heterocycles. The summed E-state index contributed by atoms with van der Waals surface area (Å²) in [4.78, 5) is 13.2. The summed E-state index contributed by atoms with van der Waals surface area (Å²) >= 11 is 1.45. The van der Waals surface area contributed by atoms with Crippen molar-refractivity contribution in [3.05, 3.63) is 76.9 Å². The molecule has 4 aromatic rings. The first kappa shape index (κ1) is 16.0. The Bertz CT molecular complexity index is 1170. The second-order valence-corrected chi connectivity index (χ2v) is 6.39. The summed E-state index contributed by atoms with van der Waals surface area (Å²) in [6.45, 7) is 0. The number of aromatic nitrogens is 2. The van der Waals surface area contributed by atoms with Crippen molar-refractivity contribution in [2.75, 3.05) is 5.32 Å². The molecule has 126 valence electrons. The number of anilines is 1. The van der Waals surface area contributed by atoms with Crippen LogP contribution in [0.5, 0.6) is 0 Å². The molecule has 0 fully saturated rings. The number of hydrogen-bond acceptors (Lipinski definition) is 4. The number of nitriles is 1. The smallest absolute Gasteiger partial charge is 0.256 e. The van der Waals surface area contributed by atoms with Gasteiger partial charge >= 0.3 is 0 Å². The molecule has 0 saturated carbocycles. The lowest BCUT2D eigenvalue weighted by Crippen LogP contribution is -2.13. The zero-order chi connectivity index (χ0) is 18.1. The normalized spacial score (nSPS) is 10.6. The SMILES string of the molecule is N#Cc1ccccc1-n1nc(NC(=O)c2cccc(F)c2)c2ccsc21. The third-order valence-electron chi connectivity index (χ3n) is 3.86. The van der Waals surface area contributed by atoms with Crippen LogP contribution in [0.1, 0.15) is 15.9 Å². The van der Waals surface area contributed by atoms with Crippen LogP contribution < -0.4 is 5.32 Å². The standard InChI is InChI=1S/C19H11FN4OS/c20-14-6-3-5-12(10-14)18(25)22-17-15-8-9-26-19(15)24(23-17)16-7-2-1-4-13(16)11-21/h1-10H,(H,22,23,25). The fourth-order valence-corrected chi connectivity index (χ4v) is 3.53. The number of nitrogens with zero attached hydrogens (tertiary/aromatic N) is 3. The van der Waals surface area contributed by atoms with E-state index in [-0.39, 0.29) is 5.56 Å². The van der Waals surface area contributed by atoms with Gasteiger partial charge in [0.05, 0.1) is 16.6 Å². The number of amides is 1. The largest absolute Gasteiger partial charge is 0.305 e. The monoisotopic (exact) mass is 362 g/mol. The summed E-state index contributed by atoms with van der Waals surface area (Å²) in [5.74, 6) is -0.564. The Hall–Kier alpha value is -3.50. The fourth-order valence-electron chi connectivity index (χ4n) is 2.66. The Labute approximate surface area is 151 Å². The molecule has 26 heavy (non-hydrogen) atoms. The lowest BCUT2D eigenvalue weighted by atomic mass is 10.2. The number of thiophene rings is 1. The quantitative estimate of drug-likeness (QED) is 0.589. The highest BCUT2D eigenvalue weighted by molar-refractivity contribution is 7.16. The molecule has 0 spiro atoms. The van der Waals surface area contributed by atoms with Gasteiger partial charge in [-0.3, -0.25) is 4.79 Å². The van der Waals surface area contributed by atoms with Crippen LogP contribution in [0.4, 0.5) is 10.2 Å². The Balaban J connectivity index is 1.77. The average Bonchev–Trinajstić information content (AvgIpc) is 3.25.